The highest BCUT2D eigenvalue weighted by molar-refractivity contribution is 5.69. The molecule has 2 aromatic carbocycles. The Hall–Kier alpha value is -2.89. The van der Waals surface area contributed by atoms with Gasteiger partial charge in [-0.2, -0.15) is 0 Å². The van der Waals surface area contributed by atoms with Gasteiger partial charge in [-0.05, 0) is 25.0 Å². The first kappa shape index (κ1) is 15.6. The average Bonchev–Trinajstić information content (AvgIpc) is 3.05. The van der Waals surface area contributed by atoms with E-state index in [1.165, 1.54) is 4.90 Å². The van der Waals surface area contributed by atoms with Crippen LogP contribution in [0.4, 0.5) is 10.5 Å². The number of nitrogens with zero attached hydrogens (tertiary/aromatic N) is 1. The molecule has 6 nitrogen and oxygen atoms in total. The maximum Gasteiger partial charge on any atom is 0.408 e. The topological polar surface area (TPSA) is 71.0 Å². The molecular weight excluding hydrogens is 320 g/mol. The molecule has 2 N–H and O–H groups in total. The molecule has 0 spiro atoms. The van der Waals surface area contributed by atoms with Crippen LogP contribution in [-0.4, -0.2) is 28.9 Å². The van der Waals surface area contributed by atoms with Crippen molar-refractivity contribution in [1.82, 2.24) is 4.90 Å². The third kappa shape index (κ3) is 2.95. The number of carboxylic acid groups (broad SMARTS) is 1. The van der Waals surface area contributed by atoms with E-state index >= 15 is 0 Å². The lowest BCUT2D eigenvalue weighted by molar-refractivity contribution is 0.115. The third-order valence-electron chi connectivity index (χ3n) is 4.70. The van der Waals surface area contributed by atoms with Gasteiger partial charge in [-0.15, -0.1) is 0 Å². The first-order chi connectivity index (χ1) is 12.1. The van der Waals surface area contributed by atoms with E-state index in [-0.39, 0.29) is 18.9 Å². The Morgan fingerprint density at radius 2 is 1.96 bits per heavy atom. The first-order valence-electron chi connectivity index (χ1n) is 8.35. The summed E-state index contributed by atoms with van der Waals surface area (Å²) in [4.78, 5) is 13.5. The standard InChI is InChI=1S/C19H20N2O4/c1-12-7-16(21(19(22)23)10-13-5-3-2-4-6-13)14-8-17-18(25-11-24-17)9-15(14)20-12/h2-6,8-9,12,16,20H,7,10-11H2,1H3,(H,22,23). The number of ether oxygens (including phenoxy) is 2. The Bertz CT molecular complexity index is 794. The van der Waals surface area contributed by atoms with Crippen LogP contribution in [0.25, 0.3) is 0 Å². The fourth-order valence-electron chi connectivity index (χ4n) is 3.53. The Labute approximate surface area is 146 Å². The average molecular weight is 340 g/mol. The Kier molecular flexibility index (Phi) is 3.87. The Morgan fingerprint density at radius 1 is 1.24 bits per heavy atom. The lowest BCUT2D eigenvalue weighted by Gasteiger charge is -2.37. The highest BCUT2D eigenvalue weighted by atomic mass is 16.7. The van der Waals surface area contributed by atoms with E-state index in [0.29, 0.717) is 24.5 Å². The number of benzene rings is 2. The van der Waals surface area contributed by atoms with Gasteiger partial charge in [0.05, 0.1) is 6.04 Å². The van der Waals surface area contributed by atoms with Crippen LogP contribution in [0, 0.1) is 0 Å². The predicted molar refractivity (Wildman–Crippen MR) is 93.0 cm³/mol. The third-order valence-corrected chi connectivity index (χ3v) is 4.70. The molecule has 0 radical (unpaired) electrons. The molecule has 6 heteroatoms. The summed E-state index contributed by atoms with van der Waals surface area (Å²) in [5.74, 6) is 1.37. The highest BCUT2D eigenvalue weighted by Gasteiger charge is 2.34. The lowest BCUT2D eigenvalue weighted by atomic mass is 9.91. The van der Waals surface area contributed by atoms with Crippen molar-refractivity contribution in [3.8, 4) is 11.5 Å². The van der Waals surface area contributed by atoms with Gasteiger partial charge in [0.15, 0.2) is 11.5 Å². The van der Waals surface area contributed by atoms with Gasteiger partial charge in [0.25, 0.3) is 0 Å². The summed E-state index contributed by atoms with van der Waals surface area (Å²) in [5.41, 5.74) is 2.81. The maximum atomic E-state index is 12.0. The summed E-state index contributed by atoms with van der Waals surface area (Å²) < 4.78 is 10.9. The van der Waals surface area contributed by atoms with Gasteiger partial charge < -0.3 is 19.9 Å². The first-order valence-corrected chi connectivity index (χ1v) is 8.35. The molecular formula is C19H20N2O4. The van der Waals surface area contributed by atoms with Crippen molar-refractivity contribution in [3.05, 3.63) is 53.6 Å². The molecule has 0 saturated carbocycles. The zero-order valence-corrected chi connectivity index (χ0v) is 13.9. The van der Waals surface area contributed by atoms with Gasteiger partial charge in [0.2, 0.25) is 6.79 Å². The van der Waals surface area contributed by atoms with E-state index in [4.69, 9.17) is 9.47 Å². The second-order valence-electron chi connectivity index (χ2n) is 6.49. The monoisotopic (exact) mass is 340 g/mol. The van der Waals surface area contributed by atoms with Crippen LogP contribution in [0.5, 0.6) is 11.5 Å². The van der Waals surface area contributed by atoms with E-state index < -0.39 is 6.09 Å². The van der Waals surface area contributed by atoms with Crippen molar-refractivity contribution in [2.45, 2.75) is 32.0 Å². The van der Waals surface area contributed by atoms with Crippen LogP contribution in [-0.2, 0) is 6.54 Å². The molecule has 0 fully saturated rings. The molecule has 0 bridgehead atoms. The van der Waals surface area contributed by atoms with E-state index in [1.54, 1.807) is 0 Å². The minimum absolute atomic E-state index is 0.162. The number of nitrogens with one attached hydrogen (secondary N) is 1. The van der Waals surface area contributed by atoms with E-state index in [2.05, 4.69) is 12.2 Å². The van der Waals surface area contributed by atoms with E-state index in [9.17, 15) is 9.90 Å². The summed E-state index contributed by atoms with van der Waals surface area (Å²) in [6.45, 7) is 2.61. The summed E-state index contributed by atoms with van der Waals surface area (Å²) >= 11 is 0. The van der Waals surface area contributed by atoms with Crippen molar-refractivity contribution < 1.29 is 19.4 Å². The molecule has 2 aliphatic heterocycles. The van der Waals surface area contributed by atoms with Crippen LogP contribution < -0.4 is 14.8 Å². The van der Waals surface area contributed by atoms with Crippen molar-refractivity contribution in [1.29, 1.82) is 0 Å². The molecule has 0 saturated heterocycles. The molecule has 0 aromatic heterocycles. The lowest BCUT2D eigenvalue weighted by Crippen LogP contribution is -2.39. The van der Waals surface area contributed by atoms with Gasteiger partial charge >= 0.3 is 6.09 Å². The second kappa shape index (κ2) is 6.20. The van der Waals surface area contributed by atoms with Crippen LogP contribution in [0.3, 0.4) is 0 Å². The number of rotatable bonds is 3. The number of hydrogen-bond donors (Lipinski definition) is 2. The summed E-state index contributed by atoms with van der Waals surface area (Å²) in [5, 5.41) is 13.3. The Morgan fingerprint density at radius 3 is 2.68 bits per heavy atom. The molecule has 2 atom stereocenters. The molecule has 130 valence electrons. The number of hydrogen-bond acceptors (Lipinski definition) is 4. The smallest absolute Gasteiger partial charge is 0.408 e. The maximum absolute atomic E-state index is 12.0. The molecule has 4 rings (SSSR count). The van der Waals surface area contributed by atoms with Crippen molar-refractivity contribution >= 4 is 11.8 Å². The van der Waals surface area contributed by atoms with Gasteiger partial charge in [-0.1, -0.05) is 30.3 Å². The van der Waals surface area contributed by atoms with Crippen LogP contribution >= 0.6 is 0 Å². The normalized spacial score (nSPS) is 20.5. The molecule has 1 amide bonds. The van der Waals surface area contributed by atoms with Gasteiger partial charge in [0, 0.05) is 29.9 Å². The second-order valence-corrected chi connectivity index (χ2v) is 6.49. The number of carbonyl (C=O) groups is 1. The van der Waals surface area contributed by atoms with Gasteiger partial charge in [0.1, 0.15) is 0 Å². The fourth-order valence-corrected chi connectivity index (χ4v) is 3.53. The molecule has 2 aliphatic rings. The Balaban J connectivity index is 1.72. The van der Waals surface area contributed by atoms with Crippen molar-refractivity contribution in [2.75, 3.05) is 12.1 Å². The summed E-state index contributed by atoms with van der Waals surface area (Å²) in [7, 11) is 0. The van der Waals surface area contributed by atoms with Crippen molar-refractivity contribution in [2.24, 2.45) is 0 Å². The fraction of sp³-hybridized carbons (Fsp3) is 0.316. The predicted octanol–water partition coefficient (Wildman–Crippen LogP) is 3.84. The zero-order chi connectivity index (χ0) is 17.4. The number of anilines is 1. The number of fused-ring (bicyclic) bond motifs is 2. The van der Waals surface area contributed by atoms with Crippen LogP contribution in [0.1, 0.15) is 30.5 Å². The minimum Gasteiger partial charge on any atom is -0.465 e. The molecule has 2 heterocycles. The van der Waals surface area contributed by atoms with Gasteiger partial charge in [-0.25, -0.2) is 4.79 Å². The molecule has 0 aliphatic carbocycles. The van der Waals surface area contributed by atoms with Crippen molar-refractivity contribution in [3.63, 3.8) is 0 Å². The SMILES string of the molecule is CC1CC(N(Cc2ccccc2)C(=O)O)c2cc3c(cc2N1)OCO3. The van der Waals surface area contributed by atoms with Crippen LogP contribution in [0.2, 0.25) is 0 Å². The zero-order valence-electron chi connectivity index (χ0n) is 13.9. The summed E-state index contributed by atoms with van der Waals surface area (Å²) in [6, 6.07) is 13.4. The molecule has 25 heavy (non-hydrogen) atoms. The minimum atomic E-state index is -0.924. The number of amides is 1. The summed E-state index contributed by atoms with van der Waals surface area (Å²) in [6.07, 6.45) is -0.224. The van der Waals surface area contributed by atoms with E-state index in [1.807, 2.05) is 42.5 Å². The van der Waals surface area contributed by atoms with E-state index in [0.717, 1.165) is 16.8 Å². The molecule has 2 unspecified atom stereocenters. The quantitative estimate of drug-likeness (QED) is 0.888. The molecule has 2 aromatic rings. The van der Waals surface area contributed by atoms with Gasteiger partial charge in [-0.3, -0.25) is 4.90 Å². The largest absolute Gasteiger partial charge is 0.465 e. The highest BCUT2D eigenvalue weighted by Crippen LogP contribution is 2.44. The van der Waals surface area contributed by atoms with Crippen LogP contribution in [0.15, 0.2) is 42.5 Å².